The molecular weight excluding hydrogens is 204 g/mol. The minimum atomic E-state index is 0.211. The van der Waals surface area contributed by atoms with Crippen LogP contribution in [0, 0.1) is 5.92 Å². The first-order valence-electron chi connectivity index (χ1n) is 6.42. The summed E-state index contributed by atoms with van der Waals surface area (Å²) in [6, 6.07) is 0.409. The third-order valence-electron chi connectivity index (χ3n) is 3.66. The molecule has 2 rings (SSSR count). The van der Waals surface area contributed by atoms with Gasteiger partial charge in [0.1, 0.15) is 0 Å². The van der Waals surface area contributed by atoms with E-state index in [0.29, 0.717) is 11.9 Å². The molecule has 16 heavy (non-hydrogen) atoms. The smallest absolute Gasteiger partial charge is 0.227 e. The van der Waals surface area contributed by atoms with Crippen LogP contribution in [0.25, 0.3) is 0 Å². The van der Waals surface area contributed by atoms with Gasteiger partial charge in [0.15, 0.2) is 0 Å². The maximum absolute atomic E-state index is 12.3. The maximum Gasteiger partial charge on any atom is 0.227 e. The highest BCUT2D eigenvalue weighted by Gasteiger charge is 2.31. The molecule has 1 N–H and O–H groups in total. The number of ether oxygens (including phenoxy) is 1. The number of nitrogens with one attached hydrogen (secondary N) is 1. The minimum absolute atomic E-state index is 0.211. The lowest BCUT2D eigenvalue weighted by Gasteiger charge is -2.35. The molecule has 4 heteroatoms. The fourth-order valence-electron chi connectivity index (χ4n) is 2.69. The average Bonchev–Trinajstić information content (AvgIpc) is 2.85. The molecule has 0 saturated carbocycles. The van der Waals surface area contributed by atoms with Crippen LogP contribution in [0.4, 0.5) is 0 Å². The van der Waals surface area contributed by atoms with Crippen LogP contribution in [0.5, 0.6) is 0 Å². The van der Waals surface area contributed by atoms with Crippen LogP contribution < -0.4 is 5.32 Å². The quantitative estimate of drug-likeness (QED) is 0.767. The number of nitrogens with zero attached hydrogens (tertiary/aromatic N) is 1. The fraction of sp³-hybridized carbons (Fsp3) is 0.917. The van der Waals surface area contributed by atoms with Crippen molar-refractivity contribution < 1.29 is 9.53 Å². The number of carbonyl (C=O) groups excluding carboxylic acids is 1. The molecule has 0 aromatic carbocycles. The predicted molar refractivity (Wildman–Crippen MR) is 62.2 cm³/mol. The number of carbonyl (C=O) groups is 1. The number of amides is 1. The predicted octanol–water partition coefficient (Wildman–Crippen LogP) is 0.623. The molecule has 0 aromatic rings. The summed E-state index contributed by atoms with van der Waals surface area (Å²) in [5.74, 6) is 0.558. The first-order chi connectivity index (χ1) is 7.83. The molecular formula is C12H22N2O2. The Labute approximate surface area is 97.3 Å². The molecule has 1 amide bonds. The zero-order chi connectivity index (χ0) is 11.4. The molecule has 0 unspecified atom stereocenters. The molecule has 0 spiro atoms. The summed E-state index contributed by atoms with van der Waals surface area (Å²) in [4.78, 5) is 14.4. The zero-order valence-electron chi connectivity index (χ0n) is 10.1. The van der Waals surface area contributed by atoms with Crippen molar-refractivity contribution in [3.63, 3.8) is 0 Å². The summed E-state index contributed by atoms with van der Waals surface area (Å²) in [6.07, 6.45) is 3.00. The molecule has 2 fully saturated rings. The first-order valence-corrected chi connectivity index (χ1v) is 6.42. The molecule has 4 nitrogen and oxygen atoms in total. The van der Waals surface area contributed by atoms with E-state index in [1.54, 1.807) is 0 Å². The summed E-state index contributed by atoms with van der Waals surface area (Å²) in [5, 5.41) is 3.26. The van der Waals surface area contributed by atoms with Crippen LogP contribution >= 0.6 is 0 Å². The van der Waals surface area contributed by atoms with E-state index in [2.05, 4.69) is 17.1 Å². The van der Waals surface area contributed by atoms with Crippen LogP contribution in [0.3, 0.4) is 0 Å². The van der Waals surface area contributed by atoms with Gasteiger partial charge in [-0.15, -0.1) is 0 Å². The van der Waals surface area contributed by atoms with E-state index in [-0.39, 0.29) is 5.92 Å². The highest BCUT2D eigenvalue weighted by atomic mass is 16.5. The van der Waals surface area contributed by atoms with Crippen molar-refractivity contribution in [1.29, 1.82) is 0 Å². The van der Waals surface area contributed by atoms with E-state index in [0.717, 1.165) is 52.1 Å². The van der Waals surface area contributed by atoms with Gasteiger partial charge in [0.05, 0.1) is 5.92 Å². The Morgan fingerprint density at radius 2 is 2.12 bits per heavy atom. The number of rotatable bonds is 3. The number of hydrogen-bond donors (Lipinski definition) is 1. The van der Waals surface area contributed by atoms with Gasteiger partial charge in [0.25, 0.3) is 0 Å². The fourth-order valence-corrected chi connectivity index (χ4v) is 2.69. The van der Waals surface area contributed by atoms with Gasteiger partial charge in [-0.3, -0.25) is 4.79 Å². The Hall–Kier alpha value is -0.610. The summed E-state index contributed by atoms with van der Waals surface area (Å²) in [5.41, 5.74) is 0. The average molecular weight is 226 g/mol. The van der Waals surface area contributed by atoms with E-state index in [4.69, 9.17) is 4.74 Å². The van der Waals surface area contributed by atoms with Gasteiger partial charge < -0.3 is 15.0 Å². The second kappa shape index (κ2) is 5.64. The molecule has 0 aromatic heterocycles. The van der Waals surface area contributed by atoms with Gasteiger partial charge in [-0.2, -0.15) is 0 Å². The normalized spacial score (nSPS) is 26.9. The summed E-state index contributed by atoms with van der Waals surface area (Å²) in [7, 11) is 0. The Kier molecular flexibility index (Phi) is 4.18. The Balaban J connectivity index is 1.94. The SMILES string of the molecule is CCN(C(=O)[C@H]1CCNC1)C1CCOCC1. The molecule has 1 atom stereocenters. The summed E-state index contributed by atoms with van der Waals surface area (Å²) < 4.78 is 5.35. The second-order valence-electron chi connectivity index (χ2n) is 4.66. The van der Waals surface area contributed by atoms with Crippen LogP contribution in [0.2, 0.25) is 0 Å². The largest absolute Gasteiger partial charge is 0.381 e. The molecule has 2 aliphatic rings. The highest BCUT2D eigenvalue weighted by Crippen LogP contribution is 2.19. The minimum Gasteiger partial charge on any atom is -0.381 e. The van der Waals surface area contributed by atoms with Gasteiger partial charge >= 0.3 is 0 Å². The van der Waals surface area contributed by atoms with Crippen LogP contribution in [0.1, 0.15) is 26.2 Å². The maximum atomic E-state index is 12.3. The Morgan fingerprint density at radius 1 is 1.38 bits per heavy atom. The van der Waals surface area contributed by atoms with Crippen molar-refractivity contribution >= 4 is 5.91 Å². The van der Waals surface area contributed by atoms with Crippen molar-refractivity contribution in [2.24, 2.45) is 5.92 Å². The number of hydrogen-bond acceptors (Lipinski definition) is 3. The lowest BCUT2D eigenvalue weighted by atomic mass is 10.0. The van der Waals surface area contributed by atoms with E-state index >= 15 is 0 Å². The molecule has 92 valence electrons. The van der Waals surface area contributed by atoms with Gasteiger partial charge in [-0.05, 0) is 32.7 Å². The third-order valence-corrected chi connectivity index (χ3v) is 3.66. The monoisotopic (exact) mass is 226 g/mol. The van der Waals surface area contributed by atoms with E-state index < -0.39 is 0 Å². The summed E-state index contributed by atoms with van der Waals surface area (Å²) in [6.45, 7) is 6.37. The van der Waals surface area contributed by atoms with Crippen molar-refractivity contribution in [2.75, 3.05) is 32.8 Å². The van der Waals surface area contributed by atoms with Crippen molar-refractivity contribution in [3.8, 4) is 0 Å². The van der Waals surface area contributed by atoms with E-state index in [1.165, 1.54) is 0 Å². The third kappa shape index (κ3) is 2.55. The zero-order valence-corrected chi connectivity index (χ0v) is 10.1. The Bertz CT molecular complexity index is 233. The first kappa shape index (κ1) is 11.9. The topological polar surface area (TPSA) is 41.6 Å². The molecule has 2 saturated heterocycles. The highest BCUT2D eigenvalue weighted by molar-refractivity contribution is 5.79. The summed E-state index contributed by atoms with van der Waals surface area (Å²) >= 11 is 0. The molecule has 2 heterocycles. The molecule has 0 bridgehead atoms. The Morgan fingerprint density at radius 3 is 2.69 bits per heavy atom. The molecule has 0 radical (unpaired) electrons. The van der Waals surface area contributed by atoms with Crippen molar-refractivity contribution in [2.45, 2.75) is 32.2 Å². The van der Waals surface area contributed by atoms with Crippen LogP contribution in [-0.4, -0.2) is 49.7 Å². The van der Waals surface area contributed by atoms with E-state index in [9.17, 15) is 4.79 Å². The second-order valence-corrected chi connectivity index (χ2v) is 4.66. The van der Waals surface area contributed by atoms with Crippen molar-refractivity contribution in [3.05, 3.63) is 0 Å². The molecule has 0 aliphatic carbocycles. The molecule has 2 aliphatic heterocycles. The van der Waals surface area contributed by atoms with Crippen LogP contribution in [0.15, 0.2) is 0 Å². The van der Waals surface area contributed by atoms with E-state index in [1.807, 2.05) is 0 Å². The van der Waals surface area contributed by atoms with Gasteiger partial charge in [0, 0.05) is 32.3 Å². The van der Waals surface area contributed by atoms with Crippen LogP contribution in [-0.2, 0) is 9.53 Å². The van der Waals surface area contributed by atoms with Crippen molar-refractivity contribution in [1.82, 2.24) is 10.2 Å². The lowest BCUT2D eigenvalue weighted by Crippen LogP contribution is -2.46. The van der Waals surface area contributed by atoms with Gasteiger partial charge in [0.2, 0.25) is 5.91 Å². The lowest BCUT2D eigenvalue weighted by molar-refractivity contribution is -0.138. The van der Waals surface area contributed by atoms with Gasteiger partial charge in [-0.1, -0.05) is 0 Å². The standard InChI is InChI=1S/C12H22N2O2/c1-2-14(11-4-7-16-8-5-11)12(15)10-3-6-13-9-10/h10-11,13H,2-9H2,1H3/t10-/m0/s1. The van der Waals surface area contributed by atoms with Gasteiger partial charge in [-0.25, -0.2) is 0 Å².